The molecule has 1 aromatic rings. The third-order valence-corrected chi connectivity index (χ3v) is 3.32. The zero-order chi connectivity index (χ0) is 11.1. The molecule has 3 heteroatoms. The number of aromatic nitrogens is 2. The predicted molar refractivity (Wildman–Crippen MR) is 63.1 cm³/mol. The Labute approximate surface area is 96.7 Å². The van der Waals surface area contributed by atoms with Gasteiger partial charge in [-0.1, -0.05) is 13.8 Å². The van der Waals surface area contributed by atoms with Gasteiger partial charge in [0.1, 0.15) is 5.82 Å². The highest BCUT2D eigenvalue weighted by Crippen LogP contribution is 2.41. The maximum absolute atomic E-state index is 4.80. The molecule has 1 N–H and O–H groups in total. The van der Waals surface area contributed by atoms with E-state index in [0.717, 1.165) is 31.3 Å². The van der Waals surface area contributed by atoms with Crippen LogP contribution >= 0.6 is 0 Å². The molecule has 0 saturated heterocycles. The molecule has 86 valence electrons. The monoisotopic (exact) mass is 217 g/mol. The summed E-state index contributed by atoms with van der Waals surface area (Å²) in [5, 5.41) is 3.39. The van der Waals surface area contributed by atoms with Gasteiger partial charge < -0.3 is 5.32 Å². The molecule has 1 saturated carbocycles. The van der Waals surface area contributed by atoms with Crippen molar-refractivity contribution in [3.05, 3.63) is 22.8 Å². The van der Waals surface area contributed by atoms with Gasteiger partial charge in [-0.15, -0.1) is 0 Å². The Morgan fingerprint density at radius 3 is 2.75 bits per heavy atom. The minimum absolute atomic E-state index is 0.638. The molecule has 0 aromatic carbocycles. The number of nitrogens with one attached hydrogen (secondary N) is 1. The molecule has 3 rings (SSSR count). The second-order valence-corrected chi connectivity index (χ2v) is 5.43. The number of hydrogen-bond donors (Lipinski definition) is 1. The first-order chi connectivity index (χ1) is 7.74. The smallest absolute Gasteiger partial charge is 0.129 e. The molecule has 1 fully saturated rings. The summed E-state index contributed by atoms with van der Waals surface area (Å²) < 4.78 is 0. The summed E-state index contributed by atoms with van der Waals surface area (Å²) >= 11 is 0. The van der Waals surface area contributed by atoms with Crippen LogP contribution in [0.4, 0.5) is 0 Å². The molecule has 2 heterocycles. The van der Waals surface area contributed by atoms with Gasteiger partial charge in [0.15, 0.2) is 0 Å². The lowest BCUT2D eigenvalue weighted by atomic mass is 10.1. The van der Waals surface area contributed by atoms with Crippen LogP contribution in [0.5, 0.6) is 0 Å². The summed E-state index contributed by atoms with van der Waals surface area (Å²) in [6.07, 6.45) is 3.65. The first-order valence-electron chi connectivity index (χ1n) is 6.33. The fourth-order valence-electron chi connectivity index (χ4n) is 2.40. The molecule has 3 nitrogen and oxygen atoms in total. The van der Waals surface area contributed by atoms with E-state index in [0.29, 0.717) is 5.92 Å². The molecule has 0 unspecified atom stereocenters. The zero-order valence-corrected chi connectivity index (χ0v) is 10.1. The van der Waals surface area contributed by atoms with Gasteiger partial charge in [0.25, 0.3) is 0 Å². The third kappa shape index (κ3) is 1.84. The molecule has 0 radical (unpaired) electrons. The topological polar surface area (TPSA) is 37.8 Å². The second kappa shape index (κ2) is 3.81. The Bertz CT molecular complexity index is 408. The number of nitrogens with zero attached hydrogens (tertiary/aromatic N) is 2. The van der Waals surface area contributed by atoms with E-state index < -0.39 is 0 Å². The summed E-state index contributed by atoms with van der Waals surface area (Å²) in [7, 11) is 0. The van der Waals surface area contributed by atoms with Crippen LogP contribution in [0, 0.1) is 5.92 Å². The molecule has 1 aliphatic carbocycles. The fraction of sp³-hybridized carbons (Fsp3) is 0.692. The van der Waals surface area contributed by atoms with Crippen molar-refractivity contribution in [2.24, 2.45) is 5.92 Å². The lowest BCUT2D eigenvalue weighted by Crippen LogP contribution is -2.07. The van der Waals surface area contributed by atoms with Gasteiger partial charge in [-0.05, 0) is 18.8 Å². The molecule has 0 atom stereocenters. The average Bonchev–Trinajstić information content (AvgIpc) is 2.95. The van der Waals surface area contributed by atoms with Crippen LogP contribution in [0.1, 0.15) is 55.4 Å². The molecule has 0 amide bonds. The van der Waals surface area contributed by atoms with Crippen LogP contribution in [-0.2, 0) is 19.5 Å². The van der Waals surface area contributed by atoms with Crippen molar-refractivity contribution < 1.29 is 0 Å². The first kappa shape index (κ1) is 10.2. The molecular weight excluding hydrogens is 198 g/mol. The normalized spacial score (nSPS) is 19.2. The van der Waals surface area contributed by atoms with E-state index in [4.69, 9.17) is 9.97 Å². The summed E-state index contributed by atoms with van der Waals surface area (Å²) in [5.74, 6) is 2.43. The van der Waals surface area contributed by atoms with Crippen LogP contribution < -0.4 is 5.32 Å². The number of hydrogen-bond acceptors (Lipinski definition) is 3. The summed E-state index contributed by atoms with van der Waals surface area (Å²) in [6.45, 7) is 6.36. The highest BCUT2D eigenvalue weighted by atomic mass is 15.0. The highest BCUT2D eigenvalue weighted by Gasteiger charge is 2.31. The van der Waals surface area contributed by atoms with Crippen molar-refractivity contribution in [2.75, 3.05) is 0 Å². The van der Waals surface area contributed by atoms with Gasteiger partial charge in [0, 0.05) is 31.0 Å². The second-order valence-electron chi connectivity index (χ2n) is 5.43. The molecule has 0 bridgehead atoms. The van der Waals surface area contributed by atoms with E-state index in [9.17, 15) is 0 Å². The maximum atomic E-state index is 4.80. The Hall–Kier alpha value is -0.960. The van der Waals surface area contributed by atoms with E-state index in [1.807, 2.05) is 0 Å². The van der Waals surface area contributed by atoms with Crippen molar-refractivity contribution in [1.82, 2.24) is 15.3 Å². The molecule has 1 aliphatic heterocycles. The lowest BCUT2D eigenvalue weighted by molar-refractivity contribution is 0.614. The van der Waals surface area contributed by atoms with Crippen molar-refractivity contribution >= 4 is 0 Å². The van der Waals surface area contributed by atoms with E-state index in [-0.39, 0.29) is 0 Å². The van der Waals surface area contributed by atoms with Gasteiger partial charge in [0.2, 0.25) is 0 Å². The van der Waals surface area contributed by atoms with Crippen LogP contribution in [-0.4, -0.2) is 9.97 Å². The Morgan fingerprint density at radius 2 is 2.06 bits per heavy atom. The van der Waals surface area contributed by atoms with Gasteiger partial charge in [-0.25, -0.2) is 9.97 Å². The average molecular weight is 217 g/mol. The van der Waals surface area contributed by atoms with Crippen molar-refractivity contribution in [3.8, 4) is 0 Å². The number of rotatable bonds is 3. The highest BCUT2D eigenvalue weighted by molar-refractivity contribution is 5.33. The maximum Gasteiger partial charge on any atom is 0.129 e. The minimum Gasteiger partial charge on any atom is -0.307 e. The Morgan fingerprint density at radius 1 is 1.25 bits per heavy atom. The van der Waals surface area contributed by atoms with Crippen LogP contribution in [0.25, 0.3) is 0 Å². The fourth-order valence-corrected chi connectivity index (χ4v) is 2.40. The van der Waals surface area contributed by atoms with Gasteiger partial charge in [-0.2, -0.15) is 0 Å². The Kier molecular flexibility index (Phi) is 2.43. The van der Waals surface area contributed by atoms with E-state index in [2.05, 4.69) is 19.2 Å². The molecule has 0 spiro atoms. The SMILES string of the molecule is CC(C)Cc1nc2c(c(C3CC3)n1)CNC2. The van der Waals surface area contributed by atoms with Crippen molar-refractivity contribution in [1.29, 1.82) is 0 Å². The summed E-state index contributed by atoms with van der Waals surface area (Å²) in [6, 6.07) is 0. The van der Waals surface area contributed by atoms with Crippen LogP contribution in [0.15, 0.2) is 0 Å². The third-order valence-electron chi connectivity index (χ3n) is 3.32. The lowest BCUT2D eigenvalue weighted by Gasteiger charge is -2.10. The minimum atomic E-state index is 0.638. The Balaban J connectivity index is 1.98. The summed E-state index contributed by atoms with van der Waals surface area (Å²) in [4.78, 5) is 9.49. The molecule has 16 heavy (non-hydrogen) atoms. The van der Waals surface area contributed by atoms with Crippen molar-refractivity contribution in [2.45, 2.75) is 52.1 Å². The van der Waals surface area contributed by atoms with Gasteiger partial charge in [-0.3, -0.25) is 0 Å². The van der Waals surface area contributed by atoms with Gasteiger partial charge >= 0.3 is 0 Å². The van der Waals surface area contributed by atoms with Crippen molar-refractivity contribution in [3.63, 3.8) is 0 Å². The zero-order valence-electron chi connectivity index (χ0n) is 10.1. The molecule has 1 aromatic heterocycles. The van der Waals surface area contributed by atoms with Crippen LogP contribution in [0.3, 0.4) is 0 Å². The first-order valence-corrected chi connectivity index (χ1v) is 6.33. The number of fused-ring (bicyclic) bond motifs is 1. The standard InChI is InChI=1S/C13H19N3/c1-8(2)5-12-15-11-7-14-6-10(11)13(16-12)9-3-4-9/h8-9,14H,3-7H2,1-2H3. The van der Waals surface area contributed by atoms with E-state index >= 15 is 0 Å². The quantitative estimate of drug-likeness (QED) is 0.843. The predicted octanol–water partition coefficient (Wildman–Crippen LogP) is 2.16. The molecular formula is C13H19N3. The van der Waals surface area contributed by atoms with Gasteiger partial charge in [0.05, 0.1) is 11.4 Å². The largest absolute Gasteiger partial charge is 0.307 e. The van der Waals surface area contributed by atoms with E-state index in [1.54, 1.807) is 0 Å². The van der Waals surface area contributed by atoms with Crippen LogP contribution in [0.2, 0.25) is 0 Å². The van der Waals surface area contributed by atoms with E-state index in [1.165, 1.54) is 29.8 Å². The molecule has 2 aliphatic rings. The summed E-state index contributed by atoms with van der Waals surface area (Å²) in [5.41, 5.74) is 4.01.